The van der Waals surface area contributed by atoms with Crippen LogP contribution < -0.4 is 5.73 Å². The van der Waals surface area contributed by atoms with Crippen molar-refractivity contribution in [3.8, 4) is 0 Å². The lowest BCUT2D eigenvalue weighted by Gasteiger charge is -2.12. The maximum Gasteiger partial charge on any atom is 0.152 e. The van der Waals surface area contributed by atoms with Crippen LogP contribution in [0.15, 0.2) is 24.5 Å². The van der Waals surface area contributed by atoms with Crippen LogP contribution in [0.25, 0.3) is 0 Å². The van der Waals surface area contributed by atoms with E-state index in [1.807, 2.05) is 19.9 Å². The highest BCUT2D eigenvalue weighted by molar-refractivity contribution is 7.84. The minimum absolute atomic E-state index is 0. The van der Waals surface area contributed by atoms with E-state index in [9.17, 15) is 9.00 Å². The Morgan fingerprint density at radius 2 is 2.00 bits per heavy atom. The van der Waals surface area contributed by atoms with Crippen LogP contribution in [-0.4, -0.2) is 32.2 Å². The number of aromatic nitrogens is 1. The van der Waals surface area contributed by atoms with Crippen LogP contribution in [0, 0.1) is 5.92 Å². The molecule has 0 saturated heterocycles. The lowest BCUT2D eigenvalue weighted by atomic mass is 10.0. The molecule has 4 N–H and O–H groups in total. The maximum atomic E-state index is 11.8. The van der Waals surface area contributed by atoms with Gasteiger partial charge >= 0.3 is 0 Å². The summed E-state index contributed by atoms with van der Waals surface area (Å²) in [5.74, 6) is 0.462. The van der Waals surface area contributed by atoms with E-state index in [4.69, 9.17) is 5.73 Å². The number of Topliss-reactive ketones (excluding diaryl/α,β-unsaturated/α-hetero) is 1. The number of hydrogen-bond donors (Lipinski definition) is 1. The molecule has 5 nitrogen and oxygen atoms in total. The summed E-state index contributed by atoms with van der Waals surface area (Å²) in [5.41, 5.74) is 6.61. The Hall–Kier alpha value is -1.11. The van der Waals surface area contributed by atoms with E-state index in [0.717, 1.165) is 5.56 Å². The van der Waals surface area contributed by atoms with E-state index in [0.29, 0.717) is 5.75 Å². The second-order valence-corrected chi connectivity index (χ2v) is 5.78. The van der Waals surface area contributed by atoms with Gasteiger partial charge in [-0.15, -0.1) is 0 Å². The number of ketones is 1. The first-order chi connectivity index (χ1) is 9.00. The Bertz CT molecular complexity index is 397. The molecule has 1 aromatic rings. The van der Waals surface area contributed by atoms with Gasteiger partial charge in [0.1, 0.15) is 0 Å². The van der Waals surface area contributed by atoms with Gasteiger partial charge in [-0.2, -0.15) is 0 Å². The molecular formula is C14H26N2O3S. The third-order valence-corrected chi connectivity index (χ3v) is 3.74. The van der Waals surface area contributed by atoms with Crippen molar-refractivity contribution in [1.82, 2.24) is 4.98 Å². The molecule has 2 unspecified atom stereocenters. The molecule has 0 aliphatic heterocycles. The molecule has 0 aliphatic rings. The SMILES string of the molecule is CC.CC(C)C(=O)C(N)CS(=O)Cc1cccnc1.O. The Morgan fingerprint density at radius 3 is 2.45 bits per heavy atom. The van der Waals surface area contributed by atoms with Gasteiger partial charge in [-0.05, 0) is 11.6 Å². The molecule has 1 rings (SSSR count). The van der Waals surface area contributed by atoms with Gasteiger partial charge in [0.25, 0.3) is 0 Å². The third kappa shape index (κ3) is 8.14. The largest absolute Gasteiger partial charge is 0.412 e. The fourth-order valence-electron chi connectivity index (χ4n) is 1.44. The van der Waals surface area contributed by atoms with Crippen LogP contribution in [0.3, 0.4) is 0 Å². The molecule has 1 heterocycles. The number of carbonyl (C=O) groups is 1. The highest BCUT2D eigenvalue weighted by Gasteiger charge is 2.19. The minimum atomic E-state index is -1.12. The van der Waals surface area contributed by atoms with Gasteiger partial charge < -0.3 is 11.2 Å². The quantitative estimate of drug-likeness (QED) is 0.849. The molecule has 0 aromatic carbocycles. The molecule has 0 bridgehead atoms. The predicted octanol–water partition coefficient (Wildman–Crippen LogP) is 1.08. The van der Waals surface area contributed by atoms with Crippen molar-refractivity contribution in [2.45, 2.75) is 39.5 Å². The number of nitrogens with two attached hydrogens (primary N) is 1. The van der Waals surface area contributed by atoms with Gasteiger partial charge in [-0.3, -0.25) is 14.0 Å². The summed E-state index contributed by atoms with van der Waals surface area (Å²) in [6, 6.07) is 3.03. The van der Waals surface area contributed by atoms with E-state index in [1.165, 1.54) is 0 Å². The normalized spacial score (nSPS) is 12.7. The van der Waals surface area contributed by atoms with Crippen LogP contribution in [0.2, 0.25) is 0 Å². The van der Waals surface area contributed by atoms with Gasteiger partial charge in [-0.1, -0.05) is 33.8 Å². The summed E-state index contributed by atoms with van der Waals surface area (Å²) < 4.78 is 11.8. The van der Waals surface area contributed by atoms with Crippen molar-refractivity contribution in [2.24, 2.45) is 11.7 Å². The Kier molecular flexibility index (Phi) is 12.4. The van der Waals surface area contributed by atoms with Crippen molar-refractivity contribution in [3.05, 3.63) is 30.1 Å². The van der Waals surface area contributed by atoms with Gasteiger partial charge in [0, 0.05) is 34.9 Å². The number of nitrogens with zero attached hydrogens (tertiary/aromatic N) is 1. The van der Waals surface area contributed by atoms with Crippen LogP contribution >= 0.6 is 0 Å². The maximum absolute atomic E-state index is 11.8. The van der Waals surface area contributed by atoms with Crippen molar-refractivity contribution in [3.63, 3.8) is 0 Å². The van der Waals surface area contributed by atoms with E-state index in [1.54, 1.807) is 32.3 Å². The Labute approximate surface area is 123 Å². The average molecular weight is 302 g/mol. The first-order valence-corrected chi connectivity index (χ1v) is 8.02. The van der Waals surface area contributed by atoms with Crippen LogP contribution in [0.4, 0.5) is 0 Å². The van der Waals surface area contributed by atoms with Crippen molar-refractivity contribution < 1.29 is 14.5 Å². The first kappa shape index (κ1) is 21.2. The number of hydrogen-bond acceptors (Lipinski definition) is 4. The van der Waals surface area contributed by atoms with Gasteiger partial charge in [0.2, 0.25) is 0 Å². The average Bonchev–Trinajstić information content (AvgIpc) is 2.40. The molecular weight excluding hydrogens is 276 g/mol. The molecule has 2 atom stereocenters. The zero-order chi connectivity index (χ0) is 14.8. The Morgan fingerprint density at radius 1 is 1.40 bits per heavy atom. The van der Waals surface area contributed by atoms with Crippen molar-refractivity contribution in [2.75, 3.05) is 5.75 Å². The van der Waals surface area contributed by atoms with Crippen LogP contribution in [0.5, 0.6) is 0 Å². The van der Waals surface area contributed by atoms with Crippen LogP contribution in [-0.2, 0) is 21.3 Å². The molecule has 1 aromatic heterocycles. The summed E-state index contributed by atoms with van der Waals surface area (Å²) in [6.45, 7) is 7.60. The van der Waals surface area contributed by atoms with E-state index >= 15 is 0 Å². The van der Waals surface area contributed by atoms with Crippen molar-refractivity contribution >= 4 is 16.6 Å². The summed E-state index contributed by atoms with van der Waals surface area (Å²) in [4.78, 5) is 15.5. The van der Waals surface area contributed by atoms with Gasteiger partial charge in [0.05, 0.1) is 11.8 Å². The Balaban J connectivity index is 0. The molecule has 116 valence electrons. The monoisotopic (exact) mass is 302 g/mol. The van der Waals surface area contributed by atoms with Gasteiger partial charge in [0.15, 0.2) is 5.78 Å². The highest BCUT2D eigenvalue weighted by atomic mass is 32.2. The molecule has 6 heteroatoms. The number of pyridine rings is 1. The molecule has 0 amide bonds. The number of rotatable bonds is 6. The van der Waals surface area contributed by atoms with E-state index < -0.39 is 16.8 Å². The molecule has 0 aliphatic carbocycles. The third-order valence-electron chi connectivity index (χ3n) is 2.35. The van der Waals surface area contributed by atoms with Gasteiger partial charge in [-0.25, -0.2) is 0 Å². The highest BCUT2D eigenvalue weighted by Crippen LogP contribution is 2.04. The van der Waals surface area contributed by atoms with E-state index in [2.05, 4.69) is 4.98 Å². The minimum Gasteiger partial charge on any atom is -0.412 e. The molecule has 0 saturated carbocycles. The van der Waals surface area contributed by atoms with Crippen molar-refractivity contribution in [1.29, 1.82) is 0 Å². The summed E-state index contributed by atoms with van der Waals surface area (Å²) in [5, 5.41) is 0. The summed E-state index contributed by atoms with van der Waals surface area (Å²) in [6.07, 6.45) is 3.34. The lowest BCUT2D eigenvalue weighted by Crippen LogP contribution is -2.38. The topological polar surface area (TPSA) is 105 Å². The second kappa shape index (κ2) is 11.7. The predicted molar refractivity (Wildman–Crippen MR) is 83.7 cm³/mol. The smallest absolute Gasteiger partial charge is 0.152 e. The molecule has 0 radical (unpaired) electrons. The van der Waals surface area contributed by atoms with Crippen LogP contribution in [0.1, 0.15) is 33.3 Å². The fraction of sp³-hybridized carbons (Fsp3) is 0.571. The zero-order valence-corrected chi connectivity index (χ0v) is 13.4. The second-order valence-electron chi connectivity index (χ2n) is 4.28. The lowest BCUT2D eigenvalue weighted by molar-refractivity contribution is -0.122. The molecule has 0 fully saturated rings. The number of carbonyl (C=O) groups excluding carboxylic acids is 1. The zero-order valence-electron chi connectivity index (χ0n) is 12.6. The van der Waals surface area contributed by atoms with E-state index in [-0.39, 0.29) is 22.9 Å². The fourth-order valence-corrected chi connectivity index (χ4v) is 2.66. The summed E-state index contributed by atoms with van der Waals surface area (Å²) >= 11 is 0. The molecule has 20 heavy (non-hydrogen) atoms. The standard InChI is InChI=1S/C12H18N2O2S.C2H6.H2O/c1-9(2)12(15)11(13)8-17(16)7-10-4-3-5-14-6-10;1-2;/h3-6,9,11H,7-8,13H2,1-2H3;1-2H3;1H2. The first-order valence-electron chi connectivity index (χ1n) is 6.54. The summed E-state index contributed by atoms with van der Waals surface area (Å²) in [7, 11) is -1.12. The molecule has 0 spiro atoms.